The summed E-state index contributed by atoms with van der Waals surface area (Å²) in [6.07, 6.45) is 5.32. The first kappa shape index (κ1) is 10.2. The fourth-order valence-electron chi connectivity index (χ4n) is 2.13. The second-order valence-corrected chi connectivity index (χ2v) is 5.45. The lowest BCUT2D eigenvalue weighted by atomic mass is 9.93. The van der Waals surface area contributed by atoms with Crippen LogP contribution >= 0.6 is 11.3 Å². The van der Waals surface area contributed by atoms with Gasteiger partial charge in [-0.3, -0.25) is 0 Å². The third-order valence-corrected chi connectivity index (χ3v) is 4.26. The van der Waals surface area contributed by atoms with Crippen molar-refractivity contribution < 1.29 is 0 Å². The molecule has 0 amide bonds. The van der Waals surface area contributed by atoms with Crippen molar-refractivity contribution >= 4 is 11.3 Å². The molecule has 1 unspecified atom stereocenters. The molecule has 0 bridgehead atoms. The molecule has 1 aliphatic rings. The Balaban J connectivity index is 1.84. The van der Waals surface area contributed by atoms with Gasteiger partial charge in [-0.1, -0.05) is 6.92 Å². The summed E-state index contributed by atoms with van der Waals surface area (Å²) in [4.78, 5) is 0. The van der Waals surface area contributed by atoms with Crippen molar-refractivity contribution in [1.82, 2.24) is 5.32 Å². The van der Waals surface area contributed by atoms with Crippen molar-refractivity contribution in [3.63, 3.8) is 0 Å². The van der Waals surface area contributed by atoms with Gasteiger partial charge in [0, 0.05) is 6.04 Å². The summed E-state index contributed by atoms with van der Waals surface area (Å²) in [5.74, 6) is 0. The van der Waals surface area contributed by atoms with E-state index in [1.165, 1.54) is 31.2 Å². The van der Waals surface area contributed by atoms with Crippen LogP contribution in [0.25, 0.3) is 0 Å². The number of hydrogen-bond acceptors (Lipinski definition) is 2. The molecule has 1 heterocycles. The summed E-state index contributed by atoms with van der Waals surface area (Å²) < 4.78 is 0. The zero-order chi connectivity index (χ0) is 10.0. The minimum atomic E-state index is 0.602. The van der Waals surface area contributed by atoms with E-state index in [2.05, 4.69) is 36.1 Å². The number of aryl methyl sites for hydroxylation is 1. The molecule has 78 valence electrons. The molecule has 1 fully saturated rings. The van der Waals surface area contributed by atoms with E-state index in [1.807, 2.05) is 0 Å². The van der Waals surface area contributed by atoms with Gasteiger partial charge in [0.15, 0.2) is 0 Å². The molecule has 1 aromatic heterocycles. The normalized spacial score (nSPS) is 20.7. The van der Waals surface area contributed by atoms with Gasteiger partial charge in [0.25, 0.3) is 0 Å². The van der Waals surface area contributed by atoms with Crippen LogP contribution in [0, 0.1) is 5.41 Å². The minimum Gasteiger partial charge on any atom is -0.316 e. The molecule has 0 saturated heterocycles. The lowest BCUT2D eigenvalue weighted by molar-refractivity contribution is 0.358. The monoisotopic (exact) mass is 209 g/mol. The molecule has 1 N–H and O–H groups in total. The summed E-state index contributed by atoms with van der Waals surface area (Å²) in [5, 5.41) is 7.91. The van der Waals surface area contributed by atoms with Crippen LogP contribution in [0.2, 0.25) is 0 Å². The van der Waals surface area contributed by atoms with Gasteiger partial charge in [-0.05, 0) is 60.5 Å². The van der Waals surface area contributed by atoms with E-state index in [9.17, 15) is 0 Å². The molecule has 1 atom stereocenters. The van der Waals surface area contributed by atoms with Crippen molar-refractivity contribution in [3.05, 3.63) is 22.4 Å². The molecule has 1 aliphatic carbocycles. The number of thiophene rings is 1. The van der Waals surface area contributed by atoms with Gasteiger partial charge in [0.05, 0.1) is 0 Å². The Labute approximate surface area is 90.5 Å². The molecule has 0 spiro atoms. The average Bonchev–Trinajstić information content (AvgIpc) is 2.73. The molecule has 0 radical (unpaired) electrons. The SMILES string of the molecule is CNC(CCc1ccsc1)C1(C)CC1. The summed E-state index contributed by atoms with van der Waals surface area (Å²) in [6, 6.07) is 2.95. The first-order valence-electron chi connectivity index (χ1n) is 5.43. The first-order chi connectivity index (χ1) is 6.74. The van der Waals surface area contributed by atoms with Crippen LogP contribution in [0.3, 0.4) is 0 Å². The summed E-state index contributed by atoms with van der Waals surface area (Å²) in [6.45, 7) is 2.40. The minimum absolute atomic E-state index is 0.602. The van der Waals surface area contributed by atoms with Crippen molar-refractivity contribution in [3.8, 4) is 0 Å². The van der Waals surface area contributed by atoms with E-state index < -0.39 is 0 Å². The van der Waals surface area contributed by atoms with Gasteiger partial charge in [0.1, 0.15) is 0 Å². The molecule has 14 heavy (non-hydrogen) atoms. The van der Waals surface area contributed by atoms with Gasteiger partial charge in [-0.2, -0.15) is 11.3 Å². The summed E-state index contributed by atoms with van der Waals surface area (Å²) in [7, 11) is 2.10. The second-order valence-electron chi connectivity index (χ2n) is 4.67. The Morgan fingerprint density at radius 1 is 1.57 bits per heavy atom. The Morgan fingerprint density at radius 2 is 2.36 bits per heavy atom. The van der Waals surface area contributed by atoms with E-state index in [-0.39, 0.29) is 0 Å². The van der Waals surface area contributed by atoms with Gasteiger partial charge in [0.2, 0.25) is 0 Å². The molecular weight excluding hydrogens is 190 g/mol. The Morgan fingerprint density at radius 3 is 2.86 bits per heavy atom. The van der Waals surface area contributed by atoms with Crippen molar-refractivity contribution in [1.29, 1.82) is 0 Å². The maximum atomic E-state index is 3.47. The third-order valence-electron chi connectivity index (χ3n) is 3.53. The standard InChI is InChI=1S/C12H19NS/c1-12(6-7-12)11(13-2)4-3-10-5-8-14-9-10/h5,8-9,11,13H,3-4,6-7H2,1-2H3. The lowest BCUT2D eigenvalue weighted by Crippen LogP contribution is -2.33. The van der Waals surface area contributed by atoms with Gasteiger partial charge in [-0.15, -0.1) is 0 Å². The molecule has 0 aromatic carbocycles. The second kappa shape index (κ2) is 4.03. The highest BCUT2D eigenvalue weighted by atomic mass is 32.1. The van der Waals surface area contributed by atoms with Crippen molar-refractivity contribution in [2.24, 2.45) is 5.41 Å². The molecule has 2 heteroatoms. The smallest absolute Gasteiger partial charge is 0.0121 e. The summed E-state index contributed by atoms with van der Waals surface area (Å²) in [5.41, 5.74) is 2.10. The fourth-order valence-corrected chi connectivity index (χ4v) is 2.84. The zero-order valence-electron chi connectivity index (χ0n) is 9.05. The largest absolute Gasteiger partial charge is 0.316 e. The van der Waals surface area contributed by atoms with E-state index in [0.29, 0.717) is 11.5 Å². The van der Waals surface area contributed by atoms with Crippen LogP contribution < -0.4 is 5.32 Å². The number of rotatable bonds is 5. The van der Waals surface area contributed by atoms with E-state index in [1.54, 1.807) is 11.3 Å². The summed E-state index contributed by atoms with van der Waals surface area (Å²) >= 11 is 1.80. The molecule has 2 rings (SSSR count). The van der Waals surface area contributed by atoms with Crippen molar-refractivity contribution in [2.75, 3.05) is 7.05 Å². The number of hydrogen-bond donors (Lipinski definition) is 1. The maximum Gasteiger partial charge on any atom is 0.0121 e. The van der Waals surface area contributed by atoms with Gasteiger partial charge in [-0.25, -0.2) is 0 Å². The third kappa shape index (κ3) is 2.18. The van der Waals surface area contributed by atoms with E-state index in [0.717, 1.165) is 0 Å². The van der Waals surface area contributed by atoms with Crippen LogP contribution in [0.15, 0.2) is 16.8 Å². The molecule has 1 aromatic rings. The van der Waals surface area contributed by atoms with Crippen LogP contribution in [0.4, 0.5) is 0 Å². The van der Waals surface area contributed by atoms with Crippen LogP contribution in [-0.4, -0.2) is 13.1 Å². The fraction of sp³-hybridized carbons (Fsp3) is 0.667. The molecule has 1 saturated carbocycles. The highest BCUT2D eigenvalue weighted by Gasteiger charge is 2.43. The predicted octanol–water partition coefficient (Wildman–Crippen LogP) is 3.07. The van der Waals surface area contributed by atoms with Crippen LogP contribution in [0.5, 0.6) is 0 Å². The lowest BCUT2D eigenvalue weighted by Gasteiger charge is -2.22. The molecule has 1 nitrogen and oxygen atoms in total. The maximum absolute atomic E-state index is 3.47. The van der Waals surface area contributed by atoms with Crippen molar-refractivity contribution in [2.45, 2.75) is 38.6 Å². The molecule has 0 aliphatic heterocycles. The Bertz CT molecular complexity index is 275. The molecular formula is C12H19NS. The highest BCUT2D eigenvalue weighted by molar-refractivity contribution is 7.07. The Kier molecular flexibility index (Phi) is 2.93. The first-order valence-corrected chi connectivity index (χ1v) is 6.37. The number of nitrogens with one attached hydrogen (secondary N) is 1. The van der Waals surface area contributed by atoms with Gasteiger partial charge >= 0.3 is 0 Å². The van der Waals surface area contributed by atoms with Crippen LogP contribution in [0.1, 0.15) is 31.7 Å². The topological polar surface area (TPSA) is 12.0 Å². The average molecular weight is 209 g/mol. The quantitative estimate of drug-likeness (QED) is 0.786. The van der Waals surface area contributed by atoms with E-state index in [4.69, 9.17) is 0 Å². The van der Waals surface area contributed by atoms with Crippen LogP contribution in [-0.2, 0) is 6.42 Å². The Hall–Kier alpha value is -0.340. The van der Waals surface area contributed by atoms with Gasteiger partial charge < -0.3 is 5.32 Å². The highest BCUT2D eigenvalue weighted by Crippen LogP contribution is 2.49. The van der Waals surface area contributed by atoms with E-state index >= 15 is 0 Å². The predicted molar refractivity (Wildman–Crippen MR) is 62.8 cm³/mol. The zero-order valence-corrected chi connectivity index (χ0v) is 9.86.